The number of nitrogens with one attached hydrogen (secondary N) is 2. The first-order valence-corrected chi connectivity index (χ1v) is 6.37. The number of aryl methyl sites for hydroxylation is 1. The molecule has 1 atom stereocenters. The van der Waals surface area contributed by atoms with Crippen LogP contribution in [0.1, 0.15) is 11.3 Å². The van der Waals surface area contributed by atoms with Crippen molar-refractivity contribution in [3.63, 3.8) is 0 Å². The summed E-state index contributed by atoms with van der Waals surface area (Å²) < 4.78 is 0. The number of benzene rings is 1. The summed E-state index contributed by atoms with van der Waals surface area (Å²) in [6.45, 7) is 3.81. The van der Waals surface area contributed by atoms with Crippen molar-refractivity contribution in [2.45, 2.75) is 19.4 Å². The average Bonchev–Trinajstić information content (AvgIpc) is 2.70. The molecule has 18 heavy (non-hydrogen) atoms. The highest BCUT2D eigenvalue weighted by atomic mass is 16.3. The number of fused-ring (bicyclic) bond motifs is 1. The summed E-state index contributed by atoms with van der Waals surface area (Å²) in [6, 6.07) is 8.34. The van der Waals surface area contributed by atoms with E-state index in [1.165, 1.54) is 22.2 Å². The first-order valence-electron chi connectivity index (χ1n) is 6.37. The molecule has 0 spiro atoms. The molecule has 0 saturated heterocycles. The molecule has 0 fully saturated rings. The summed E-state index contributed by atoms with van der Waals surface area (Å²) in [5, 5.41) is 13.9. The second-order valence-corrected chi connectivity index (χ2v) is 4.62. The van der Waals surface area contributed by atoms with Crippen molar-refractivity contribution in [2.75, 3.05) is 19.6 Å². The number of H-pyrrole nitrogens is 1. The van der Waals surface area contributed by atoms with Crippen molar-refractivity contribution in [1.82, 2.24) is 10.3 Å². The maximum atomic E-state index is 9.35. The largest absolute Gasteiger partial charge is 0.390 e. The van der Waals surface area contributed by atoms with Gasteiger partial charge in [-0.2, -0.15) is 0 Å². The van der Waals surface area contributed by atoms with Crippen LogP contribution in [0.15, 0.2) is 24.3 Å². The van der Waals surface area contributed by atoms with Crippen molar-refractivity contribution in [2.24, 2.45) is 5.73 Å². The van der Waals surface area contributed by atoms with Crippen LogP contribution in [-0.2, 0) is 6.42 Å². The number of rotatable bonds is 6. The van der Waals surface area contributed by atoms with Gasteiger partial charge >= 0.3 is 0 Å². The quantitative estimate of drug-likeness (QED) is 0.574. The molecule has 0 saturated carbocycles. The van der Waals surface area contributed by atoms with E-state index in [-0.39, 0.29) is 0 Å². The van der Waals surface area contributed by atoms with Gasteiger partial charge in [0.2, 0.25) is 0 Å². The third-order valence-electron chi connectivity index (χ3n) is 3.23. The lowest BCUT2D eigenvalue weighted by atomic mass is 10.1. The van der Waals surface area contributed by atoms with Gasteiger partial charge in [0.05, 0.1) is 6.10 Å². The fourth-order valence-electron chi connectivity index (χ4n) is 2.22. The van der Waals surface area contributed by atoms with Crippen LogP contribution in [0.25, 0.3) is 10.9 Å². The fraction of sp³-hybridized carbons (Fsp3) is 0.429. The van der Waals surface area contributed by atoms with Crippen LogP contribution in [0.4, 0.5) is 0 Å². The molecule has 1 aromatic carbocycles. The van der Waals surface area contributed by atoms with E-state index in [0.29, 0.717) is 13.1 Å². The van der Waals surface area contributed by atoms with Gasteiger partial charge in [-0.3, -0.25) is 0 Å². The third-order valence-corrected chi connectivity index (χ3v) is 3.23. The lowest BCUT2D eigenvalue weighted by molar-refractivity contribution is 0.180. The van der Waals surface area contributed by atoms with Gasteiger partial charge in [0.1, 0.15) is 0 Å². The van der Waals surface area contributed by atoms with Gasteiger partial charge in [0, 0.05) is 29.7 Å². The molecule has 1 unspecified atom stereocenters. The number of para-hydroxylation sites is 1. The van der Waals surface area contributed by atoms with Crippen LogP contribution < -0.4 is 11.1 Å². The Labute approximate surface area is 107 Å². The van der Waals surface area contributed by atoms with Crippen LogP contribution >= 0.6 is 0 Å². The third kappa shape index (κ3) is 2.90. The predicted molar refractivity (Wildman–Crippen MR) is 74.7 cm³/mol. The maximum absolute atomic E-state index is 9.35. The van der Waals surface area contributed by atoms with E-state index in [1.807, 2.05) is 6.07 Å². The van der Waals surface area contributed by atoms with Crippen LogP contribution in [0.3, 0.4) is 0 Å². The number of aliphatic hydroxyl groups excluding tert-OH is 1. The van der Waals surface area contributed by atoms with Gasteiger partial charge in [-0.05, 0) is 31.5 Å². The van der Waals surface area contributed by atoms with E-state index >= 15 is 0 Å². The van der Waals surface area contributed by atoms with E-state index in [1.54, 1.807) is 0 Å². The Morgan fingerprint density at radius 1 is 1.39 bits per heavy atom. The highest BCUT2D eigenvalue weighted by Gasteiger charge is 2.07. The molecule has 0 radical (unpaired) electrons. The SMILES string of the molecule is Cc1[nH]c2ccccc2c1CCNCC(O)CN. The Kier molecular flexibility index (Phi) is 4.36. The standard InChI is InChI=1S/C14H21N3O/c1-10-12(6-7-16-9-11(18)8-15)13-4-2-3-5-14(13)17-10/h2-5,11,16-18H,6-9,15H2,1H3. The molecule has 2 aromatic rings. The summed E-state index contributed by atoms with van der Waals surface area (Å²) in [4.78, 5) is 3.39. The number of hydrogen-bond donors (Lipinski definition) is 4. The minimum absolute atomic E-state index is 0.305. The summed E-state index contributed by atoms with van der Waals surface area (Å²) in [6.07, 6.45) is 0.502. The number of hydrogen-bond acceptors (Lipinski definition) is 3. The molecule has 98 valence electrons. The number of nitrogens with two attached hydrogens (primary N) is 1. The van der Waals surface area contributed by atoms with Crippen LogP contribution in [-0.4, -0.2) is 35.8 Å². The van der Waals surface area contributed by atoms with Gasteiger partial charge in [-0.1, -0.05) is 18.2 Å². The molecule has 5 N–H and O–H groups in total. The van der Waals surface area contributed by atoms with Crippen LogP contribution in [0.2, 0.25) is 0 Å². The molecule has 1 heterocycles. The van der Waals surface area contributed by atoms with E-state index in [2.05, 4.69) is 35.4 Å². The van der Waals surface area contributed by atoms with Crippen LogP contribution in [0.5, 0.6) is 0 Å². The van der Waals surface area contributed by atoms with Gasteiger partial charge in [-0.25, -0.2) is 0 Å². The molecule has 0 bridgehead atoms. The maximum Gasteiger partial charge on any atom is 0.0786 e. The van der Waals surface area contributed by atoms with Gasteiger partial charge in [-0.15, -0.1) is 0 Å². The summed E-state index contributed by atoms with van der Waals surface area (Å²) in [7, 11) is 0. The molecule has 0 aliphatic heterocycles. The van der Waals surface area contributed by atoms with Gasteiger partial charge in [0.25, 0.3) is 0 Å². The lowest BCUT2D eigenvalue weighted by Gasteiger charge is -2.09. The summed E-state index contributed by atoms with van der Waals surface area (Å²) >= 11 is 0. The van der Waals surface area contributed by atoms with E-state index in [0.717, 1.165) is 13.0 Å². The van der Waals surface area contributed by atoms with Crippen molar-refractivity contribution in [3.8, 4) is 0 Å². The Morgan fingerprint density at radius 3 is 2.94 bits per heavy atom. The van der Waals surface area contributed by atoms with E-state index in [4.69, 9.17) is 5.73 Å². The van der Waals surface area contributed by atoms with E-state index < -0.39 is 6.10 Å². The van der Waals surface area contributed by atoms with Crippen molar-refractivity contribution in [1.29, 1.82) is 0 Å². The highest BCUT2D eigenvalue weighted by Crippen LogP contribution is 2.21. The Morgan fingerprint density at radius 2 is 2.17 bits per heavy atom. The average molecular weight is 247 g/mol. The Bertz CT molecular complexity index is 507. The van der Waals surface area contributed by atoms with Crippen LogP contribution in [0, 0.1) is 6.92 Å². The molecular weight excluding hydrogens is 226 g/mol. The summed E-state index contributed by atoms with van der Waals surface area (Å²) in [5.74, 6) is 0. The van der Waals surface area contributed by atoms with Crippen molar-refractivity contribution >= 4 is 10.9 Å². The monoisotopic (exact) mass is 247 g/mol. The molecule has 1 aromatic heterocycles. The summed E-state index contributed by atoms with van der Waals surface area (Å²) in [5.41, 5.74) is 9.11. The number of aliphatic hydroxyl groups is 1. The molecule has 4 nitrogen and oxygen atoms in total. The highest BCUT2D eigenvalue weighted by molar-refractivity contribution is 5.84. The van der Waals surface area contributed by atoms with Gasteiger partial charge < -0.3 is 21.1 Å². The predicted octanol–water partition coefficient (Wildman–Crippen LogP) is 0.928. The molecular formula is C14H21N3O. The Balaban J connectivity index is 1.97. The van der Waals surface area contributed by atoms with Crippen molar-refractivity contribution < 1.29 is 5.11 Å². The zero-order valence-electron chi connectivity index (χ0n) is 10.7. The molecule has 0 amide bonds. The van der Waals surface area contributed by atoms with E-state index in [9.17, 15) is 5.11 Å². The smallest absolute Gasteiger partial charge is 0.0786 e. The first-order chi connectivity index (χ1) is 8.72. The minimum atomic E-state index is -0.450. The topological polar surface area (TPSA) is 74.1 Å². The van der Waals surface area contributed by atoms with Gasteiger partial charge in [0.15, 0.2) is 0 Å². The number of aromatic nitrogens is 1. The zero-order valence-corrected chi connectivity index (χ0v) is 10.7. The number of aromatic amines is 1. The lowest BCUT2D eigenvalue weighted by Crippen LogP contribution is -2.33. The molecule has 4 heteroatoms. The second kappa shape index (κ2) is 6.00. The molecule has 0 aliphatic carbocycles. The Hall–Kier alpha value is -1.36. The first kappa shape index (κ1) is 13.1. The second-order valence-electron chi connectivity index (χ2n) is 4.62. The molecule has 0 aliphatic rings. The zero-order chi connectivity index (χ0) is 13.0. The normalized spacial score (nSPS) is 13.1. The molecule has 2 rings (SSSR count). The minimum Gasteiger partial charge on any atom is -0.390 e. The van der Waals surface area contributed by atoms with Crippen molar-refractivity contribution in [3.05, 3.63) is 35.5 Å². The fourth-order valence-corrected chi connectivity index (χ4v) is 2.22.